The first-order valence-corrected chi connectivity index (χ1v) is 8.21. The summed E-state index contributed by atoms with van der Waals surface area (Å²) in [5, 5.41) is 14.4. The number of thiophene rings is 1. The Balaban J connectivity index is 1.98. The topological polar surface area (TPSA) is 79.3 Å². The lowest BCUT2D eigenvalue weighted by Gasteiger charge is -2.07. The number of amides is 1. The standard InChI is InChI=1S/C14H16N2O3S2/c1-8(14(18)19)5-6-15-12(17)11-9(2)16-13(21-11)10-4-3-7-20-10/h3-4,7-8H,5-6H2,1-2H3,(H,15,17)(H,18,19). The molecule has 0 aliphatic heterocycles. The van der Waals surface area contributed by atoms with Gasteiger partial charge in [0.05, 0.1) is 16.5 Å². The molecule has 0 aliphatic rings. The molecule has 0 fully saturated rings. The van der Waals surface area contributed by atoms with Crippen LogP contribution in [-0.4, -0.2) is 28.5 Å². The second-order valence-electron chi connectivity index (χ2n) is 4.69. The molecule has 112 valence electrons. The van der Waals surface area contributed by atoms with Gasteiger partial charge < -0.3 is 10.4 Å². The van der Waals surface area contributed by atoms with E-state index >= 15 is 0 Å². The van der Waals surface area contributed by atoms with Crippen LogP contribution in [-0.2, 0) is 4.79 Å². The molecule has 1 unspecified atom stereocenters. The third-order valence-corrected chi connectivity index (χ3v) is 5.21. The fourth-order valence-corrected chi connectivity index (χ4v) is 3.50. The Hall–Kier alpha value is -1.73. The number of carboxylic acid groups (broad SMARTS) is 1. The Morgan fingerprint density at radius 1 is 1.48 bits per heavy atom. The second-order valence-corrected chi connectivity index (χ2v) is 6.64. The normalized spacial score (nSPS) is 12.1. The summed E-state index contributed by atoms with van der Waals surface area (Å²) in [5.41, 5.74) is 0.701. The van der Waals surface area contributed by atoms with E-state index in [1.807, 2.05) is 24.4 Å². The quantitative estimate of drug-likeness (QED) is 0.856. The summed E-state index contributed by atoms with van der Waals surface area (Å²) in [6.07, 6.45) is 0.413. The number of carbonyl (C=O) groups is 2. The highest BCUT2D eigenvalue weighted by Crippen LogP contribution is 2.30. The Labute approximate surface area is 130 Å². The number of carboxylic acids is 1. The van der Waals surface area contributed by atoms with Gasteiger partial charge in [-0.3, -0.25) is 9.59 Å². The average Bonchev–Trinajstić information content (AvgIpc) is 3.07. The lowest BCUT2D eigenvalue weighted by molar-refractivity contribution is -0.141. The van der Waals surface area contributed by atoms with Gasteiger partial charge in [0.2, 0.25) is 0 Å². The Kier molecular flexibility index (Phi) is 5.08. The van der Waals surface area contributed by atoms with Gasteiger partial charge in [-0.15, -0.1) is 22.7 Å². The van der Waals surface area contributed by atoms with Gasteiger partial charge in [-0.2, -0.15) is 0 Å². The van der Waals surface area contributed by atoms with Gasteiger partial charge in [-0.05, 0) is 24.8 Å². The van der Waals surface area contributed by atoms with Crippen molar-refractivity contribution in [3.8, 4) is 9.88 Å². The Bertz CT molecular complexity index is 635. The van der Waals surface area contributed by atoms with Crippen LogP contribution in [0.25, 0.3) is 9.88 Å². The van der Waals surface area contributed by atoms with Gasteiger partial charge in [-0.1, -0.05) is 13.0 Å². The van der Waals surface area contributed by atoms with Gasteiger partial charge in [-0.25, -0.2) is 4.98 Å². The van der Waals surface area contributed by atoms with Crippen molar-refractivity contribution in [1.29, 1.82) is 0 Å². The number of hydrogen-bond donors (Lipinski definition) is 2. The molecule has 1 amide bonds. The van der Waals surface area contributed by atoms with Gasteiger partial charge in [0.25, 0.3) is 5.91 Å². The highest BCUT2D eigenvalue weighted by molar-refractivity contribution is 7.22. The molecule has 0 saturated carbocycles. The third-order valence-electron chi connectivity index (χ3n) is 3.02. The molecule has 0 aliphatic carbocycles. The zero-order chi connectivity index (χ0) is 15.4. The zero-order valence-corrected chi connectivity index (χ0v) is 13.4. The van der Waals surface area contributed by atoms with Crippen molar-refractivity contribution in [2.24, 2.45) is 5.92 Å². The largest absolute Gasteiger partial charge is 0.481 e. The van der Waals surface area contributed by atoms with Crippen LogP contribution in [0.4, 0.5) is 0 Å². The maximum absolute atomic E-state index is 12.1. The molecule has 2 N–H and O–H groups in total. The van der Waals surface area contributed by atoms with Crippen LogP contribution in [0.3, 0.4) is 0 Å². The minimum atomic E-state index is -0.849. The van der Waals surface area contributed by atoms with Crippen LogP contribution in [0.2, 0.25) is 0 Å². The summed E-state index contributed by atoms with van der Waals surface area (Å²) in [4.78, 5) is 28.9. The molecular formula is C14H16N2O3S2. The summed E-state index contributed by atoms with van der Waals surface area (Å²) in [5.74, 6) is -1.50. The van der Waals surface area contributed by atoms with E-state index in [1.165, 1.54) is 11.3 Å². The minimum absolute atomic E-state index is 0.189. The van der Waals surface area contributed by atoms with Crippen molar-refractivity contribution >= 4 is 34.6 Å². The molecule has 0 radical (unpaired) electrons. The molecule has 1 atom stereocenters. The van der Waals surface area contributed by atoms with Crippen LogP contribution in [0.15, 0.2) is 17.5 Å². The second kappa shape index (κ2) is 6.82. The fraction of sp³-hybridized carbons (Fsp3) is 0.357. The number of thiazole rings is 1. The number of hydrogen-bond acceptors (Lipinski definition) is 5. The van der Waals surface area contributed by atoms with E-state index in [4.69, 9.17) is 5.11 Å². The van der Waals surface area contributed by atoms with Gasteiger partial charge in [0.15, 0.2) is 0 Å². The fourth-order valence-electron chi connectivity index (χ4n) is 1.72. The highest BCUT2D eigenvalue weighted by atomic mass is 32.1. The minimum Gasteiger partial charge on any atom is -0.481 e. The first-order chi connectivity index (χ1) is 9.99. The van der Waals surface area contributed by atoms with Gasteiger partial charge in [0, 0.05) is 6.54 Å². The molecular weight excluding hydrogens is 308 g/mol. The van der Waals surface area contributed by atoms with E-state index in [9.17, 15) is 9.59 Å². The van der Waals surface area contributed by atoms with E-state index < -0.39 is 11.9 Å². The van der Waals surface area contributed by atoms with Crippen LogP contribution >= 0.6 is 22.7 Å². The first kappa shape index (κ1) is 15.7. The first-order valence-electron chi connectivity index (χ1n) is 6.51. The molecule has 0 saturated heterocycles. The van der Waals surface area contributed by atoms with Crippen molar-refractivity contribution < 1.29 is 14.7 Å². The highest BCUT2D eigenvalue weighted by Gasteiger charge is 2.17. The van der Waals surface area contributed by atoms with Crippen molar-refractivity contribution in [1.82, 2.24) is 10.3 Å². The number of nitrogens with zero attached hydrogens (tertiary/aromatic N) is 1. The van der Waals surface area contributed by atoms with Crippen molar-refractivity contribution in [3.63, 3.8) is 0 Å². The van der Waals surface area contributed by atoms with Gasteiger partial charge >= 0.3 is 5.97 Å². The van der Waals surface area contributed by atoms with E-state index in [0.29, 0.717) is 23.5 Å². The molecule has 7 heteroatoms. The number of aryl methyl sites for hydroxylation is 1. The molecule has 2 aromatic heterocycles. The number of rotatable bonds is 6. The van der Waals surface area contributed by atoms with Crippen LogP contribution in [0.1, 0.15) is 28.7 Å². The lowest BCUT2D eigenvalue weighted by atomic mass is 10.1. The predicted molar refractivity (Wildman–Crippen MR) is 83.9 cm³/mol. The number of aliphatic carboxylic acids is 1. The van der Waals surface area contributed by atoms with E-state index in [-0.39, 0.29) is 5.91 Å². The van der Waals surface area contributed by atoms with Crippen LogP contribution in [0.5, 0.6) is 0 Å². The van der Waals surface area contributed by atoms with Crippen LogP contribution < -0.4 is 5.32 Å². The summed E-state index contributed by atoms with van der Waals surface area (Å²) < 4.78 is 0. The SMILES string of the molecule is Cc1nc(-c2cccs2)sc1C(=O)NCCC(C)C(=O)O. The molecule has 2 aromatic rings. The molecule has 0 bridgehead atoms. The predicted octanol–water partition coefficient (Wildman–Crippen LogP) is 3.02. The molecule has 0 spiro atoms. The zero-order valence-electron chi connectivity index (χ0n) is 11.8. The van der Waals surface area contributed by atoms with Crippen molar-refractivity contribution in [3.05, 3.63) is 28.1 Å². The molecule has 5 nitrogen and oxygen atoms in total. The number of nitrogens with one attached hydrogen (secondary N) is 1. The van der Waals surface area contributed by atoms with Crippen LogP contribution in [0, 0.1) is 12.8 Å². The molecule has 2 heterocycles. The van der Waals surface area contributed by atoms with E-state index in [1.54, 1.807) is 18.3 Å². The summed E-state index contributed by atoms with van der Waals surface area (Å²) in [6.45, 7) is 3.78. The van der Waals surface area contributed by atoms with Crippen molar-refractivity contribution in [2.75, 3.05) is 6.54 Å². The number of aromatic nitrogens is 1. The van der Waals surface area contributed by atoms with E-state index in [0.717, 1.165) is 9.88 Å². The van der Waals surface area contributed by atoms with Crippen molar-refractivity contribution in [2.45, 2.75) is 20.3 Å². The summed E-state index contributed by atoms with van der Waals surface area (Å²) in [6, 6.07) is 3.92. The summed E-state index contributed by atoms with van der Waals surface area (Å²) >= 11 is 2.95. The Morgan fingerprint density at radius 3 is 2.86 bits per heavy atom. The molecule has 0 aromatic carbocycles. The smallest absolute Gasteiger partial charge is 0.306 e. The maximum Gasteiger partial charge on any atom is 0.306 e. The Morgan fingerprint density at radius 2 is 2.24 bits per heavy atom. The maximum atomic E-state index is 12.1. The van der Waals surface area contributed by atoms with E-state index in [2.05, 4.69) is 10.3 Å². The monoisotopic (exact) mass is 324 g/mol. The average molecular weight is 324 g/mol. The molecule has 21 heavy (non-hydrogen) atoms. The third kappa shape index (κ3) is 3.89. The number of carbonyl (C=O) groups excluding carboxylic acids is 1. The lowest BCUT2D eigenvalue weighted by Crippen LogP contribution is -2.26. The summed E-state index contributed by atoms with van der Waals surface area (Å²) in [7, 11) is 0. The van der Waals surface area contributed by atoms with Gasteiger partial charge in [0.1, 0.15) is 9.88 Å². The molecule has 2 rings (SSSR count).